The standard InChI is InChI=1S/C15H16N4O4S2/c16-13(20)12-9-17-15(24-12)18-14(21)10-3-5-11(6-4-10)25(22,23)19-7-1-2-8-19/h3-6,9H,1-2,7-8H2,(H2,16,20)(H,17,18,21). The molecule has 1 aliphatic rings. The van der Waals surface area contributed by atoms with Crippen molar-refractivity contribution < 1.29 is 18.0 Å². The monoisotopic (exact) mass is 380 g/mol. The highest BCUT2D eigenvalue weighted by molar-refractivity contribution is 7.89. The summed E-state index contributed by atoms with van der Waals surface area (Å²) in [6, 6.07) is 5.72. The number of thiazole rings is 1. The van der Waals surface area contributed by atoms with E-state index < -0.39 is 21.8 Å². The molecule has 0 atom stereocenters. The third-order valence-electron chi connectivity index (χ3n) is 3.79. The SMILES string of the molecule is NC(=O)c1cnc(NC(=O)c2ccc(S(=O)(=O)N3CCCC3)cc2)s1. The van der Waals surface area contributed by atoms with E-state index in [0.29, 0.717) is 13.1 Å². The highest BCUT2D eigenvalue weighted by Gasteiger charge is 2.27. The van der Waals surface area contributed by atoms with Crippen molar-refractivity contribution in [2.75, 3.05) is 18.4 Å². The summed E-state index contributed by atoms with van der Waals surface area (Å²) >= 11 is 0.968. The van der Waals surface area contributed by atoms with Crippen molar-refractivity contribution in [1.82, 2.24) is 9.29 Å². The van der Waals surface area contributed by atoms with Gasteiger partial charge in [0.05, 0.1) is 11.1 Å². The van der Waals surface area contributed by atoms with Gasteiger partial charge in [0.15, 0.2) is 5.13 Å². The van der Waals surface area contributed by atoms with E-state index in [1.807, 2.05) is 0 Å². The lowest BCUT2D eigenvalue weighted by Crippen LogP contribution is -2.27. The predicted octanol–water partition coefficient (Wildman–Crippen LogP) is 1.28. The topological polar surface area (TPSA) is 122 Å². The van der Waals surface area contributed by atoms with E-state index in [-0.39, 0.29) is 20.5 Å². The normalized spacial score (nSPS) is 15.2. The summed E-state index contributed by atoms with van der Waals surface area (Å²) in [6.45, 7) is 1.05. The molecular formula is C15H16N4O4S2. The lowest BCUT2D eigenvalue weighted by Gasteiger charge is -2.15. The molecule has 3 N–H and O–H groups in total. The molecule has 25 heavy (non-hydrogen) atoms. The molecule has 8 nitrogen and oxygen atoms in total. The number of carbonyl (C=O) groups excluding carboxylic acids is 2. The zero-order valence-electron chi connectivity index (χ0n) is 13.1. The molecule has 10 heteroatoms. The lowest BCUT2D eigenvalue weighted by atomic mass is 10.2. The Morgan fingerprint density at radius 2 is 1.80 bits per heavy atom. The fourth-order valence-corrected chi connectivity index (χ4v) is 4.65. The number of sulfonamides is 1. The molecule has 0 aliphatic carbocycles. The molecule has 2 amide bonds. The number of aromatic nitrogens is 1. The number of nitrogens with one attached hydrogen (secondary N) is 1. The van der Waals surface area contributed by atoms with Gasteiger partial charge in [-0.15, -0.1) is 0 Å². The number of carbonyl (C=O) groups is 2. The minimum absolute atomic E-state index is 0.163. The van der Waals surface area contributed by atoms with Crippen molar-refractivity contribution in [2.45, 2.75) is 17.7 Å². The molecule has 1 saturated heterocycles. The van der Waals surface area contributed by atoms with Gasteiger partial charge >= 0.3 is 0 Å². The van der Waals surface area contributed by atoms with Crippen molar-refractivity contribution in [3.8, 4) is 0 Å². The summed E-state index contributed by atoms with van der Waals surface area (Å²) in [5.74, 6) is -1.06. The number of rotatable bonds is 5. The van der Waals surface area contributed by atoms with Gasteiger partial charge < -0.3 is 5.73 Å². The Morgan fingerprint density at radius 3 is 2.36 bits per heavy atom. The Labute approximate surface area is 148 Å². The second-order valence-corrected chi connectivity index (χ2v) is 8.45. The van der Waals surface area contributed by atoms with Crippen molar-refractivity contribution in [2.24, 2.45) is 5.73 Å². The number of amides is 2. The number of nitrogens with zero attached hydrogens (tertiary/aromatic N) is 2. The fraction of sp³-hybridized carbons (Fsp3) is 0.267. The maximum absolute atomic E-state index is 12.4. The molecule has 3 rings (SSSR count). The van der Waals surface area contributed by atoms with E-state index in [2.05, 4.69) is 10.3 Å². The summed E-state index contributed by atoms with van der Waals surface area (Å²) in [5, 5.41) is 2.79. The van der Waals surface area contributed by atoms with Crippen LogP contribution in [0.25, 0.3) is 0 Å². The highest BCUT2D eigenvalue weighted by Crippen LogP contribution is 2.22. The number of hydrogen-bond acceptors (Lipinski definition) is 6. The fourth-order valence-electron chi connectivity index (χ4n) is 2.47. The van der Waals surface area contributed by atoms with E-state index in [1.54, 1.807) is 0 Å². The van der Waals surface area contributed by atoms with Crippen LogP contribution in [0.4, 0.5) is 5.13 Å². The van der Waals surface area contributed by atoms with Gasteiger partial charge in [-0.05, 0) is 37.1 Å². The summed E-state index contributed by atoms with van der Waals surface area (Å²) in [7, 11) is -3.51. The van der Waals surface area contributed by atoms with Crippen LogP contribution in [0.5, 0.6) is 0 Å². The van der Waals surface area contributed by atoms with Gasteiger partial charge in [-0.3, -0.25) is 14.9 Å². The third kappa shape index (κ3) is 3.70. The number of anilines is 1. The first-order valence-corrected chi connectivity index (χ1v) is 9.81. The van der Waals surface area contributed by atoms with Crippen LogP contribution in [0.3, 0.4) is 0 Å². The first-order chi connectivity index (χ1) is 11.9. The largest absolute Gasteiger partial charge is 0.365 e. The predicted molar refractivity (Wildman–Crippen MR) is 93.0 cm³/mol. The first-order valence-electron chi connectivity index (χ1n) is 7.55. The van der Waals surface area contributed by atoms with E-state index in [1.165, 1.54) is 34.8 Å². The van der Waals surface area contributed by atoms with Crippen LogP contribution in [-0.4, -0.2) is 42.6 Å². The summed E-state index contributed by atoms with van der Waals surface area (Å²) in [6.07, 6.45) is 3.01. The van der Waals surface area contributed by atoms with Crippen molar-refractivity contribution in [3.63, 3.8) is 0 Å². The molecular weight excluding hydrogens is 364 g/mol. The quantitative estimate of drug-likeness (QED) is 0.809. The molecule has 2 heterocycles. The van der Waals surface area contributed by atoms with Gasteiger partial charge in [-0.25, -0.2) is 13.4 Å². The average molecular weight is 380 g/mol. The van der Waals surface area contributed by atoms with Crippen LogP contribution in [-0.2, 0) is 10.0 Å². The zero-order valence-corrected chi connectivity index (χ0v) is 14.8. The minimum atomic E-state index is -3.51. The van der Waals surface area contributed by atoms with Crippen LogP contribution in [0.2, 0.25) is 0 Å². The molecule has 1 aromatic carbocycles. The average Bonchev–Trinajstić information content (AvgIpc) is 3.27. The molecule has 0 bridgehead atoms. The number of hydrogen-bond donors (Lipinski definition) is 2. The van der Waals surface area contributed by atoms with E-state index in [4.69, 9.17) is 5.73 Å². The maximum Gasteiger partial charge on any atom is 0.260 e. The highest BCUT2D eigenvalue weighted by atomic mass is 32.2. The third-order valence-corrected chi connectivity index (χ3v) is 6.63. The van der Waals surface area contributed by atoms with Gasteiger partial charge in [0, 0.05) is 18.7 Å². The van der Waals surface area contributed by atoms with Crippen LogP contribution >= 0.6 is 11.3 Å². The van der Waals surface area contributed by atoms with Gasteiger partial charge in [-0.2, -0.15) is 4.31 Å². The Morgan fingerprint density at radius 1 is 1.16 bits per heavy atom. The number of benzene rings is 1. The zero-order chi connectivity index (χ0) is 18.0. The van der Waals surface area contributed by atoms with Crippen LogP contribution in [0, 0.1) is 0 Å². The first kappa shape index (κ1) is 17.5. The van der Waals surface area contributed by atoms with Crippen LogP contribution in [0.15, 0.2) is 35.4 Å². The minimum Gasteiger partial charge on any atom is -0.365 e. The van der Waals surface area contributed by atoms with Gasteiger partial charge in [0.25, 0.3) is 11.8 Å². The Kier molecular flexibility index (Phi) is 4.84. The molecule has 0 radical (unpaired) electrons. The Balaban J connectivity index is 1.73. The van der Waals surface area contributed by atoms with Crippen LogP contribution in [0.1, 0.15) is 32.9 Å². The van der Waals surface area contributed by atoms with E-state index >= 15 is 0 Å². The molecule has 0 spiro atoms. The van der Waals surface area contributed by atoms with Crippen molar-refractivity contribution in [3.05, 3.63) is 40.9 Å². The molecule has 1 aliphatic heterocycles. The molecule has 0 unspecified atom stereocenters. The van der Waals surface area contributed by atoms with Gasteiger partial charge in [0.1, 0.15) is 4.88 Å². The maximum atomic E-state index is 12.4. The van der Waals surface area contributed by atoms with Gasteiger partial charge in [-0.1, -0.05) is 11.3 Å². The number of nitrogens with two attached hydrogens (primary N) is 1. The lowest BCUT2D eigenvalue weighted by molar-refractivity contribution is 0.100. The molecule has 1 fully saturated rings. The van der Waals surface area contributed by atoms with E-state index in [9.17, 15) is 18.0 Å². The van der Waals surface area contributed by atoms with E-state index in [0.717, 1.165) is 24.2 Å². The molecule has 132 valence electrons. The summed E-state index contributed by atoms with van der Waals surface area (Å²) in [5.41, 5.74) is 5.42. The molecule has 0 saturated carbocycles. The van der Waals surface area contributed by atoms with Crippen molar-refractivity contribution >= 4 is 38.3 Å². The molecule has 1 aromatic heterocycles. The number of primary amides is 1. The van der Waals surface area contributed by atoms with Gasteiger partial charge in [0.2, 0.25) is 10.0 Å². The Hall–Kier alpha value is -2.30. The smallest absolute Gasteiger partial charge is 0.260 e. The Bertz CT molecular complexity index is 900. The summed E-state index contributed by atoms with van der Waals surface area (Å²) in [4.78, 5) is 27.5. The van der Waals surface area contributed by atoms with Crippen LogP contribution < -0.4 is 11.1 Å². The molecule has 2 aromatic rings. The second-order valence-electron chi connectivity index (χ2n) is 5.48. The second kappa shape index (κ2) is 6.90. The summed E-state index contributed by atoms with van der Waals surface area (Å²) < 4.78 is 26.3. The van der Waals surface area contributed by atoms with Crippen molar-refractivity contribution in [1.29, 1.82) is 0 Å².